The lowest BCUT2D eigenvalue weighted by atomic mass is 10.0. The third kappa shape index (κ3) is 11.6. The van der Waals surface area contributed by atoms with Gasteiger partial charge >= 0.3 is 18.0 Å². The van der Waals surface area contributed by atoms with Gasteiger partial charge in [0.05, 0.1) is 57.2 Å². The first-order valence-electron chi connectivity index (χ1n) is 22.2. The van der Waals surface area contributed by atoms with Crippen LogP contribution in [0.2, 0.25) is 0 Å². The molecule has 6 aliphatic heterocycles. The molecule has 4 aromatic heterocycles. The van der Waals surface area contributed by atoms with Gasteiger partial charge in [-0.15, -0.1) is 0 Å². The second-order valence-electron chi connectivity index (χ2n) is 17.3. The SMILES string of the molecule is CC1(C)OC[C@@H](COc2cc(N)ncn2)O1.COC(=O)c1ncc2c(n1)N(C(=O)Nc1cc(OC[C@@H]3COC(C)(C)O3)ncn1)[C@H]1CCCN2C1.COC(=O)c1ncc2c(n1)N[C@H]1CCCN2C1. The van der Waals surface area contributed by atoms with Gasteiger partial charge in [-0.25, -0.2) is 54.3 Å². The molecule has 0 radical (unpaired) electrons. The molecule has 4 fully saturated rings. The Morgan fingerprint density at radius 1 is 0.765 bits per heavy atom. The third-order valence-corrected chi connectivity index (χ3v) is 11.4. The normalized spacial score (nSPS) is 22.4. The van der Waals surface area contributed by atoms with E-state index in [0.29, 0.717) is 61.5 Å². The van der Waals surface area contributed by atoms with Crippen molar-refractivity contribution in [2.45, 2.75) is 89.2 Å². The first kappa shape index (κ1) is 47.7. The minimum absolute atomic E-state index is 0.0776. The fraction of sp³-hybridized carbons (Fsp3) is 0.558. The highest BCUT2D eigenvalue weighted by molar-refractivity contribution is 6.04. The van der Waals surface area contributed by atoms with Gasteiger partial charge in [-0.05, 0) is 53.4 Å². The molecule has 364 valence electrons. The smallest absolute Gasteiger partial charge is 0.376 e. The number of hydrogen-bond donors (Lipinski definition) is 3. The van der Waals surface area contributed by atoms with Crippen LogP contribution in [-0.4, -0.2) is 161 Å². The van der Waals surface area contributed by atoms with Crippen LogP contribution >= 0.6 is 0 Å². The Hall–Kier alpha value is -6.83. The highest BCUT2D eigenvalue weighted by Crippen LogP contribution is 2.38. The Balaban J connectivity index is 0.000000157. The topological polar surface area (TPSA) is 288 Å². The zero-order chi connectivity index (χ0) is 48.0. The number of hydrogen-bond acceptors (Lipinski definition) is 23. The number of nitrogens with zero attached hydrogens (tertiary/aromatic N) is 11. The Morgan fingerprint density at radius 3 is 1.97 bits per heavy atom. The molecule has 0 unspecified atom stereocenters. The van der Waals surface area contributed by atoms with Crippen molar-refractivity contribution in [2.75, 3.05) is 97.9 Å². The number of nitrogen functional groups attached to an aromatic ring is 1. The van der Waals surface area contributed by atoms with Gasteiger partial charge in [0.1, 0.15) is 49.7 Å². The molecule has 4 aromatic rings. The van der Waals surface area contributed by atoms with Gasteiger partial charge in [-0.3, -0.25) is 10.2 Å². The average Bonchev–Trinajstić information content (AvgIpc) is 3.88. The maximum Gasteiger partial charge on any atom is 0.376 e. The Kier molecular flexibility index (Phi) is 14.4. The van der Waals surface area contributed by atoms with Crippen LogP contribution in [0.25, 0.3) is 0 Å². The molecule has 6 aliphatic rings. The fourth-order valence-corrected chi connectivity index (χ4v) is 8.32. The number of amides is 2. The Morgan fingerprint density at radius 2 is 1.35 bits per heavy atom. The molecule has 4 saturated heterocycles. The number of carbonyl (C=O) groups excluding carboxylic acids is 3. The van der Waals surface area contributed by atoms with Crippen molar-refractivity contribution in [3.63, 3.8) is 0 Å². The molecule has 2 amide bonds. The maximum absolute atomic E-state index is 13.4. The lowest BCUT2D eigenvalue weighted by molar-refractivity contribution is -0.142. The van der Waals surface area contributed by atoms with Crippen LogP contribution in [0.3, 0.4) is 0 Å². The predicted octanol–water partition coefficient (Wildman–Crippen LogP) is 2.85. The number of urea groups is 1. The molecule has 4 N–H and O–H groups in total. The summed E-state index contributed by atoms with van der Waals surface area (Å²) in [7, 11) is 2.59. The van der Waals surface area contributed by atoms with Gasteiger partial charge in [0.25, 0.3) is 0 Å². The van der Waals surface area contributed by atoms with Crippen LogP contribution in [0.5, 0.6) is 11.8 Å². The number of nitrogens with two attached hydrogens (primary N) is 1. The zero-order valence-corrected chi connectivity index (χ0v) is 38.7. The average molecular weight is 945 g/mol. The Bertz CT molecular complexity index is 2450. The summed E-state index contributed by atoms with van der Waals surface area (Å²) < 4.78 is 42.8. The molecule has 10 heterocycles. The van der Waals surface area contributed by atoms with Gasteiger partial charge in [0, 0.05) is 44.4 Å². The van der Waals surface area contributed by atoms with Crippen LogP contribution in [0, 0.1) is 0 Å². The van der Waals surface area contributed by atoms with Gasteiger partial charge < -0.3 is 58.7 Å². The van der Waals surface area contributed by atoms with Crippen molar-refractivity contribution < 1.29 is 52.3 Å². The second kappa shape index (κ2) is 20.6. The molecular formula is C43H56N14O11. The minimum atomic E-state index is -0.670. The lowest BCUT2D eigenvalue weighted by Gasteiger charge is -2.45. The van der Waals surface area contributed by atoms with E-state index in [-0.39, 0.29) is 42.3 Å². The van der Waals surface area contributed by atoms with Gasteiger partial charge in [-0.2, -0.15) is 0 Å². The summed E-state index contributed by atoms with van der Waals surface area (Å²) in [6.07, 6.45) is 9.68. The lowest BCUT2D eigenvalue weighted by Crippen LogP contribution is -2.56. The second-order valence-corrected chi connectivity index (χ2v) is 17.3. The van der Waals surface area contributed by atoms with Gasteiger partial charge in [-0.1, -0.05) is 0 Å². The van der Waals surface area contributed by atoms with Crippen molar-refractivity contribution >= 4 is 52.6 Å². The van der Waals surface area contributed by atoms with E-state index >= 15 is 0 Å². The largest absolute Gasteiger partial charge is 0.475 e. The number of nitrogens with one attached hydrogen (secondary N) is 2. The number of esters is 2. The number of carbonyl (C=O) groups is 3. The van der Waals surface area contributed by atoms with Gasteiger partial charge in [0.2, 0.25) is 23.4 Å². The predicted molar refractivity (Wildman–Crippen MR) is 242 cm³/mol. The van der Waals surface area contributed by atoms with Crippen molar-refractivity contribution in [2.24, 2.45) is 0 Å². The monoisotopic (exact) mass is 944 g/mol. The maximum atomic E-state index is 13.4. The first-order valence-corrected chi connectivity index (χ1v) is 22.2. The van der Waals surface area contributed by atoms with E-state index in [2.05, 4.69) is 65.0 Å². The molecule has 68 heavy (non-hydrogen) atoms. The highest BCUT2D eigenvalue weighted by Gasteiger charge is 2.40. The van der Waals surface area contributed by atoms with E-state index in [1.807, 2.05) is 27.7 Å². The van der Waals surface area contributed by atoms with Crippen molar-refractivity contribution in [1.29, 1.82) is 0 Å². The number of rotatable bonds is 9. The molecule has 0 spiro atoms. The summed E-state index contributed by atoms with van der Waals surface area (Å²) in [5, 5.41) is 6.15. The van der Waals surface area contributed by atoms with E-state index in [0.717, 1.165) is 50.4 Å². The van der Waals surface area contributed by atoms with Crippen LogP contribution in [0.15, 0.2) is 37.2 Å². The van der Waals surface area contributed by atoms with Crippen LogP contribution < -0.4 is 40.5 Å². The summed E-state index contributed by atoms with van der Waals surface area (Å²) in [4.78, 5) is 75.5. The van der Waals surface area contributed by atoms with E-state index in [4.69, 9.17) is 38.9 Å². The Labute approximate surface area is 391 Å². The van der Waals surface area contributed by atoms with Crippen molar-refractivity contribution in [1.82, 2.24) is 39.9 Å². The summed E-state index contributed by atoms with van der Waals surface area (Å²) in [5.41, 5.74) is 7.17. The summed E-state index contributed by atoms with van der Waals surface area (Å²) in [6.45, 7) is 12.5. The number of anilines is 6. The molecule has 4 bridgehead atoms. The van der Waals surface area contributed by atoms with E-state index in [1.54, 1.807) is 23.4 Å². The molecule has 25 nitrogen and oxygen atoms in total. The number of ether oxygens (including phenoxy) is 8. The van der Waals surface area contributed by atoms with Crippen LogP contribution in [0.1, 0.15) is 74.6 Å². The third-order valence-electron chi connectivity index (χ3n) is 11.4. The summed E-state index contributed by atoms with van der Waals surface area (Å²) in [5.74, 6) is 0.161. The van der Waals surface area contributed by atoms with Crippen LogP contribution in [-0.2, 0) is 28.4 Å². The number of fused-ring (bicyclic) bond motifs is 8. The summed E-state index contributed by atoms with van der Waals surface area (Å²) in [6, 6.07) is 3.00. The van der Waals surface area contributed by atoms with Crippen molar-refractivity contribution in [3.8, 4) is 11.8 Å². The molecule has 10 rings (SSSR count). The molecule has 4 atom stereocenters. The highest BCUT2D eigenvalue weighted by atomic mass is 16.8. The number of methoxy groups -OCH3 is 2. The number of aromatic nitrogens is 8. The minimum Gasteiger partial charge on any atom is -0.475 e. The van der Waals surface area contributed by atoms with E-state index < -0.39 is 29.5 Å². The van der Waals surface area contributed by atoms with Crippen LogP contribution in [0.4, 0.5) is 39.4 Å². The molecule has 0 aliphatic carbocycles. The molecule has 0 aromatic carbocycles. The first-order chi connectivity index (χ1) is 32.7. The van der Waals surface area contributed by atoms with Gasteiger partial charge in [0.15, 0.2) is 23.2 Å². The van der Waals surface area contributed by atoms with Crippen molar-refractivity contribution in [3.05, 3.63) is 48.8 Å². The molecule has 25 heteroatoms. The van der Waals surface area contributed by atoms with E-state index in [9.17, 15) is 14.4 Å². The molecular weight excluding hydrogens is 889 g/mol. The van der Waals surface area contributed by atoms with E-state index in [1.165, 1.54) is 39.4 Å². The molecule has 0 saturated carbocycles. The summed E-state index contributed by atoms with van der Waals surface area (Å²) >= 11 is 0. The number of piperidine rings is 2. The zero-order valence-electron chi connectivity index (χ0n) is 38.7. The fourth-order valence-electron chi connectivity index (χ4n) is 8.32. The standard InChI is InChI=1S/C22H27N7O6.C11H14N4O2.C10H15N3O3/c1-22(2)34-11-14(35-22)10-33-17-7-16(24-12-25-17)26-21(31)29-13-5-4-6-28(9-13)15-8-23-18(20(30)32-3)27-19(15)29;1-17-11(16)10-12-5-8-9(14-10)13-7-3-2-4-15(8)6-7;1-10(2)15-5-7(16-10)4-14-9-3-8(11)12-6-13-9/h7-8,12-14H,4-6,9-11H2,1-3H3,(H,24,25,26,31);5,7H,2-4,6H2,1H3,(H,12,13,14);3,6-7H,4-5H2,1-2H3,(H2,11,12,13)/t13-,14+;2*7-/m001/s1. The quantitative estimate of drug-likeness (QED) is 0.203.